The highest BCUT2D eigenvalue weighted by atomic mass is 19.1. The van der Waals surface area contributed by atoms with Crippen LogP contribution >= 0.6 is 0 Å². The van der Waals surface area contributed by atoms with Crippen molar-refractivity contribution in [1.29, 1.82) is 0 Å². The molecule has 2 aromatic rings. The summed E-state index contributed by atoms with van der Waals surface area (Å²) in [6, 6.07) is 5.96. The van der Waals surface area contributed by atoms with E-state index >= 15 is 0 Å². The van der Waals surface area contributed by atoms with E-state index in [2.05, 4.69) is 25.8 Å². The number of nitrogens with zero attached hydrogens (tertiary/aromatic N) is 3. The van der Waals surface area contributed by atoms with Crippen LogP contribution in [0.4, 0.5) is 4.39 Å². The molecule has 27 heavy (non-hydrogen) atoms. The molecule has 1 aromatic heterocycles. The zero-order valence-electron chi connectivity index (χ0n) is 16.3. The van der Waals surface area contributed by atoms with Crippen molar-refractivity contribution in [3.05, 3.63) is 41.8 Å². The molecule has 2 rings (SSSR count). The van der Waals surface area contributed by atoms with Gasteiger partial charge in [0, 0.05) is 25.4 Å². The second-order valence-corrected chi connectivity index (χ2v) is 6.48. The lowest BCUT2D eigenvalue weighted by Gasteiger charge is -2.15. The van der Waals surface area contributed by atoms with E-state index in [1.54, 1.807) is 12.1 Å². The van der Waals surface area contributed by atoms with Gasteiger partial charge in [-0.15, -0.1) is 0 Å². The van der Waals surface area contributed by atoms with Gasteiger partial charge in [0.15, 0.2) is 11.8 Å². The van der Waals surface area contributed by atoms with Gasteiger partial charge in [-0.1, -0.05) is 19.0 Å². The Morgan fingerprint density at radius 3 is 2.59 bits per heavy atom. The van der Waals surface area contributed by atoms with E-state index in [1.807, 2.05) is 27.7 Å². The summed E-state index contributed by atoms with van der Waals surface area (Å²) in [7, 11) is 0. The van der Waals surface area contributed by atoms with Crippen LogP contribution in [0.2, 0.25) is 0 Å². The molecule has 2 N–H and O–H groups in total. The van der Waals surface area contributed by atoms with Crippen molar-refractivity contribution < 1.29 is 13.7 Å². The van der Waals surface area contributed by atoms with Gasteiger partial charge < -0.3 is 19.9 Å². The number of aromatic nitrogens is 2. The minimum Gasteiger partial charge on any atom is -0.489 e. The highest BCUT2D eigenvalue weighted by molar-refractivity contribution is 5.79. The van der Waals surface area contributed by atoms with Crippen LogP contribution in [-0.4, -0.2) is 41.8 Å². The third kappa shape index (κ3) is 7.24. The Kier molecular flexibility index (Phi) is 8.03. The minimum absolute atomic E-state index is 0.143. The Bertz CT molecular complexity index is 715. The molecule has 0 saturated carbocycles. The number of rotatable bonds is 9. The van der Waals surface area contributed by atoms with Crippen LogP contribution in [0.5, 0.6) is 5.75 Å². The maximum absolute atomic E-state index is 12.9. The number of nitrogens with one attached hydrogen (secondary N) is 2. The number of hydrogen-bond acceptors (Lipinski definition) is 5. The van der Waals surface area contributed by atoms with Gasteiger partial charge >= 0.3 is 0 Å². The average molecular weight is 377 g/mol. The lowest BCUT2D eigenvalue weighted by Crippen LogP contribution is -2.39. The van der Waals surface area contributed by atoms with Gasteiger partial charge in [-0.05, 0) is 38.1 Å². The second-order valence-electron chi connectivity index (χ2n) is 6.48. The summed E-state index contributed by atoms with van der Waals surface area (Å²) in [6.07, 6.45) is 0.474. The van der Waals surface area contributed by atoms with E-state index in [4.69, 9.17) is 9.26 Å². The molecule has 1 unspecified atom stereocenters. The molecule has 0 aliphatic carbocycles. The fourth-order valence-corrected chi connectivity index (χ4v) is 2.24. The van der Waals surface area contributed by atoms with Crippen molar-refractivity contribution in [3.8, 4) is 5.75 Å². The van der Waals surface area contributed by atoms with Crippen LogP contribution in [0.25, 0.3) is 0 Å². The molecule has 0 bridgehead atoms. The van der Waals surface area contributed by atoms with E-state index in [9.17, 15) is 4.39 Å². The molecule has 0 aliphatic heterocycles. The average Bonchev–Trinajstić information content (AvgIpc) is 3.11. The Hall–Kier alpha value is -2.64. The van der Waals surface area contributed by atoms with Crippen LogP contribution in [0.15, 0.2) is 33.8 Å². The molecule has 0 fully saturated rings. The number of hydrogen-bond donors (Lipinski definition) is 2. The normalized spacial score (nSPS) is 12.9. The van der Waals surface area contributed by atoms with Crippen LogP contribution in [0.1, 0.15) is 45.3 Å². The highest BCUT2D eigenvalue weighted by Gasteiger charge is 2.10. The zero-order chi connectivity index (χ0) is 19.6. The molecular formula is C19H28FN5O2. The van der Waals surface area contributed by atoms with Crippen molar-refractivity contribution in [3.63, 3.8) is 0 Å². The summed E-state index contributed by atoms with van der Waals surface area (Å²) in [5.41, 5.74) is 0. The second kappa shape index (κ2) is 10.5. The van der Waals surface area contributed by atoms with Gasteiger partial charge in [-0.25, -0.2) is 9.38 Å². The maximum atomic E-state index is 12.9. The quantitative estimate of drug-likeness (QED) is 0.516. The first-order chi connectivity index (χ1) is 13.0. The molecule has 1 atom stereocenters. The molecule has 0 aliphatic rings. The fourth-order valence-electron chi connectivity index (χ4n) is 2.24. The van der Waals surface area contributed by atoms with Gasteiger partial charge in [0.05, 0.1) is 6.54 Å². The molecule has 1 heterocycles. The van der Waals surface area contributed by atoms with Crippen molar-refractivity contribution in [2.45, 2.75) is 46.1 Å². The largest absolute Gasteiger partial charge is 0.489 e. The molecule has 0 saturated heterocycles. The van der Waals surface area contributed by atoms with Crippen LogP contribution in [-0.2, 0) is 6.42 Å². The summed E-state index contributed by atoms with van der Waals surface area (Å²) >= 11 is 0. The molecule has 7 nitrogen and oxygen atoms in total. The third-order valence-electron chi connectivity index (χ3n) is 3.63. The van der Waals surface area contributed by atoms with E-state index < -0.39 is 0 Å². The first-order valence-corrected chi connectivity index (χ1v) is 9.24. The molecule has 0 spiro atoms. The van der Waals surface area contributed by atoms with Crippen LogP contribution in [0, 0.1) is 5.82 Å². The lowest BCUT2D eigenvalue weighted by atomic mass is 10.2. The minimum atomic E-state index is -0.284. The summed E-state index contributed by atoms with van der Waals surface area (Å²) in [6.45, 7) is 9.81. The molecule has 148 valence electrons. The van der Waals surface area contributed by atoms with Gasteiger partial charge in [-0.3, -0.25) is 0 Å². The molecule has 0 radical (unpaired) electrons. The van der Waals surface area contributed by atoms with Gasteiger partial charge in [0.1, 0.15) is 17.7 Å². The van der Waals surface area contributed by atoms with E-state index in [-0.39, 0.29) is 17.8 Å². The van der Waals surface area contributed by atoms with Gasteiger partial charge in [0.25, 0.3) is 0 Å². The molecule has 8 heteroatoms. The number of guanidine groups is 1. The van der Waals surface area contributed by atoms with E-state index in [0.717, 1.165) is 12.4 Å². The van der Waals surface area contributed by atoms with Crippen LogP contribution in [0.3, 0.4) is 0 Å². The van der Waals surface area contributed by atoms with Gasteiger partial charge in [0.2, 0.25) is 5.89 Å². The Labute approximate surface area is 159 Å². The standard InChI is InChI=1S/C19H28FN5O2/c1-5-21-19(22-11-10-17-24-18(13(2)3)25-27-17)23-12-14(4)26-16-8-6-15(20)7-9-16/h6-9,13-14H,5,10-12H2,1-4H3,(H2,21,22,23). The predicted octanol–water partition coefficient (Wildman–Crippen LogP) is 2.90. The smallest absolute Gasteiger partial charge is 0.228 e. The topological polar surface area (TPSA) is 84.6 Å². The van der Waals surface area contributed by atoms with Gasteiger partial charge in [-0.2, -0.15) is 4.98 Å². The SMILES string of the molecule is CCNC(=NCC(C)Oc1ccc(F)cc1)NCCc1nc(C(C)C)no1. The maximum Gasteiger partial charge on any atom is 0.228 e. The fraction of sp³-hybridized carbons (Fsp3) is 0.526. The summed E-state index contributed by atoms with van der Waals surface area (Å²) < 4.78 is 23.9. The monoisotopic (exact) mass is 377 g/mol. The number of benzene rings is 1. The van der Waals surface area contributed by atoms with Crippen molar-refractivity contribution >= 4 is 5.96 Å². The first kappa shape index (κ1) is 20.7. The van der Waals surface area contributed by atoms with Crippen molar-refractivity contribution in [1.82, 2.24) is 20.8 Å². The molecule has 1 aromatic carbocycles. The van der Waals surface area contributed by atoms with Crippen molar-refractivity contribution in [2.24, 2.45) is 4.99 Å². The van der Waals surface area contributed by atoms with E-state index in [0.29, 0.717) is 37.1 Å². The van der Waals surface area contributed by atoms with E-state index in [1.165, 1.54) is 12.1 Å². The highest BCUT2D eigenvalue weighted by Crippen LogP contribution is 2.13. The Morgan fingerprint density at radius 2 is 1.96 bits per heavy atom. The lowest BCUT2D eigenvalue weighted by molar-refractivity contribution is 0.230. The first-order valence-electron chi connectivity index (χ1n) is 9.24. The number of ether oxygens (including phenoxy) is 1. The van der Waals surface area contributed by atoms with Crippen LogP contribution < -0.4 is 15.4 Å². The molecule has 0 amide bonds. The third-order valence-corrected chi connectivity index (χ3v) is 3.63. The summed E-state index contributed by atoms with van der Waals surface area (Å²) in [5.74, 6) is 2.60. The van der Waals surface area contributed by atoms with Crippen molar-refractivity contribution in [2.75, 3.05) is 19.6 Å². The zero-order valence-corrected chi connectivity index (χ0v) is 16.3. The number of halogens is 1. The predicted molar refractivity (Wildman–Crippen MR) is 103 cm³/mol. The summed E-state index contributed by atoms with van der Waals surface area (Å²) in [4.78, 5) is 8.88. The number of aliphatic imine (C=N–C) groups is 1. The summed E-state index contributed by atoms with van der Waals surface area (Å²) in [5, 5.41) is 10.4. The Balaban J connectivity index is 1.80. The Morgan fingerprint density at radius 1 is 1.22 bits per heavy atom. The molecular weight excluding hydrogens is 349 g/mol.